The van der Waals surface area contributed by atoms with Gasteiger partial charge in [0.25, 0.3) is 5.91 Å². The first-order chi connectivity index (χ1) is 19.4. The fourth-order valence-corrected chi connectivity index (χ4v) is 9.71. The van der Waals surface area contributed by atoms with E-state index < -0.39 is 0 Å². The summed E-state index contributed by atoms with van der Waals surface area (Å²) in [5.74, 6) is 3.24. The lowest BCUT2D eigenvalue weighted by molar-refractivity contribution is -0.0629. The van der Waals surface area contributed by atoms with E-state index in [1.807, 2.05) is 42.3 Å². The number of phenolic OH excluding ortho intramolecular Hbond substituents is 1. The number of amides is 1. The van der Waals surface area contributed by atoms with Gasteiger partial charge in [-0.2, -0.15) is 0 Å². The molecule has 2 aromatic carbocycles. The number of carbonyl (C=O) groups excluding carboxylic acids is 1. The number of phenols is 1. The minimum absolute atomic E-state index is 0.174. The lowest BCUT2D eigenvalue weighted by Crippen LogP contribution is -2.51. The van der Waals surface area contributed by atoms with Crippen LogP contribution in [0.3, 0.4) is 0 Å². The highest BCUT2D eigenvalue weighted by Crippen LogP contribution is 2.60. The summed E-state index contributed by atoms with van der Waals surface area (Å²) in [5.41, 5.74) is 4.64. The van der Waals surface area contributed by atoms with Crippen LogP contribution < -0.4 is 4.90 Å². The number of thiophene rings is 1. The number of benzene rings is 2. The molecule has 4 bridgehead atoms. The van der Waals surface area contributed by atoms with E-state index in [4.69, 9.17) is 0 Å². The number of rotatable bonds is 7. The van der Waals surface area contributed by atoms with Crippen molar-refractivity contribution in [1.29, 1.82) is 0 Å². The summed E-state index contributed by atoms with van der Waals surface area (Å²) in [7, 11) is 2.02. The number of piperazine rings is 1. The Bertz CT molecular complexity index is 1320. The monoisotopic (exact) mass is 555 g/mol. The first-order valence-corrected chi connectivity index (χ1v) is 16.0. The van der Waals surface area contributed by atoms with Crippen molar-refractivity contribution in [2.75, 3.05) is 44.7 Å². The van der Waals surface area contributed by atoms with Gasteiger partial charge in [-0.15, -0.1) is 11.3 Å². The average Bonchev–Trinajstić information content (AvgIpc) is 3.41. The van der Waals surface area contributed by atoms with Crippen molar-refractivity contribution in [3.05, 3.63) is 70.4 Å². The fourth-order valence-electron chi connectivity index (χ4n) is 8.78. The molecule has 1 saturated heterocycles. The summed E-state index contributed by atoms with van der Waals surface area (Å²) < 4.78 is 0. The van der Waals surface area contributed by atoms with E-state index in [0.717, 1.165) is 68.1 Å². The highest BCUT2D eigenvalue weighted by Gasteiger charge is 2.51. The van der Waals surface area contributed by atoms with Crippen LogP contribution >= 0.6 is 11.3 Å². The highest BCUT2D eigenvalue weighted by atomic mass is 32.1. The van der Waals surface area contributed by atoms with E-state index in [0.29, 0.717) is 11.2 Å². The molecular formula is C34H41N3O2S. The molecule has 1 aliphatic heterocycles. The molecule has 1 amide bonds. The maximum Gasteiger partial charge on any atom is 0.253 e. The van der Waals surface area contributed by atoms with Gasteiger partial charge in [0.15, 0.2) is 0 Å². The van der Waals surface area contributed by atoms with Gasteiger partial charge in [-0.1, -0.05) is 12.1 Å². The molecule has 1 N–H and O–H groups in total. The normalized spacial score (nSPS) is 27.7. The molecule has 2 heterocycles. The minimum Gasteiger partial charge on any atom is -0.508 e. The largest absolute Gasteiger partial charge is 0.508 e. The van der Waals surface area contributed by atoms with E-state index >= 15 is 0 Å². The summed E-state index contributed by atoms with van der Waals surface area (Å²) in [5, 5.41) is 12.0. The summed E-state index contributed by atoms with van der Waals surface area (Å²) in [6.07, 6.45) is 8.36. The van der Waals surface area contributed by atoms with Crippen molar-refractivity contribution in [2.24, 2.45) is 23.2 Å². The zero-order valence-corrected chi connectivity index (χ0v) is 24.4. The van der Waals surface area contributed by atoms with Crippen LogP contribution in [0.25, 0.3) is 11.1 Å². The second-order valence-electron chi connectivity index (χ2n) is 13.2. The van der Waals surface area contributed by atoms with Gasteiger partial charge < -0.3 is 14.9 Å². The van der Waals surface area contributed by atoms with Gasteiger partial charge in [-0.05, 0) is 121 Å². The third-order valence-electron chi connectivity index (χ3n) is 10.1. The third kappa shape index (κ3) is 5.28. The van der Waals surface area contributed by atoms with Crippen LogP contribution in [0.15, 0.2) is 60.0 Å². The van der Waals surface area contributed by atoms with Crippen LogP contribution in [0, 0.1) is 23.2 Å². The second-order valence-corrected chi connectivity index (χ2v) is 14.2. The van der Waals surface area contributed by atoms with E-state index in [9.17, 15) is 9.90 Å². The molecule has 5 nitrogen and oxygen atoms in total. The van der Waals surface area contributed by atoms with Crippen LogP contribution in [-0.2, 0) is 6.54 Å². The first-order valence-electron chi connectivity index (χ1n) is 15.1. The van der Waals surface area contributed by atoms with Crippen LogP contribution in [0.2, 0.25) is 0 Å². The van der Waals surface area contributed by atoms with E-state index in [1.165, 1.54) is 54.7 Å². The Kier molecular flexibility index (Phi) is 6.87. The SMILES string of the molecule is CN(CC12CC3CC(CC(C3)C1)C2)C(=O)c1ccc(N2CCN(Cc3cc(-c4cccc(O)c4)cs3)CC2)cc1. The fraction of sp³-hybridized carbons (Fsp3) is 0.500. The van der Waals surface area contributed by atoms with Gasteiger partial charge >= 0.3 is 0 Å². The Morgan fingerprint density at radius 1 is 0.925 bits per heavy atom. The zero-order valence-electron chi connectivity index (χ0n) is 23.6. The molecule has 5 fully saturated rings. The zero-order chi connectivity index (χ0) is 27.3. The number of carbonyl (C=O) groups is 1. The Balaban J connectivity index is 0.918. The van der Waals surface area contributed by atoms with E-state index in [1.54, 1.807) is 17.4 Å². The molecule has 0 spiro atoms. The molecule has 5 aliphatic rings. The van der Waals surface area contributed by atoms with Crippen molar-refractivity contribution < 1.29 is 9.90 Å². The maximum atomic E-state index is 13.4. The molecule has 0 unspecified atom stereocenters. The number of anilines is 1. The molecular weight excluding hydrogens is 514 g/mol. The van der Waals surface area contributed by atoms with Gasteiger partial charge in [0.05, 0.1) is 0 Å². The Morgan fingerprint density at radius 2 is 1.60 bits per heavy atom. The first kappa shape index (κ1) is 26.1. The Labute approximate surface area is 242 Å². The molecule has 4 saturated carbocycles. The maximum absolute atomic E-state index is 13.4. The van der Waals surface area contributed by atoms with Gasteiger partial charge in [-0.3, -0.25) is 9.69 Å². The van der Waals surface area contributed by atoms with Gasteiger partial charge in [0.1, 0.15) is 5.75 Å². The highest BCUT2D eigenvalue weighted by molar-refractivity contribution is 7.10. The Hall–Kier alpha value is -2.83. The number of aromatic hydroxyl groups is 1. The number of nitrogens with zero attached hydrogens (tertiary/aromatic N) is 3. The second kappa shape index (κ2) is 10.5. The predicted molar refractivity (Wildman–Crippen MR) is 163 cm³/mol. The van der Waals surface area contributed by atoms with Gasteiger partial charge in [-0.25, -0.2) is 0 Å². The van der Waals surface area contributed by atoms with Crippen molar-refractivity contribution in [3.8, 4) is 16.9 Å². The summed E-state index contributed by atoms with van der Waals surface area (Å²) >= 11 is 1.79. The number of hydrogen-bond donors (Lipinski definition) is 1. The molecule has 4 aliphatic carbocycles. The lowest BCUT2D eigenvalue weighted by Gasteiger charge is -2.57. The number of hydrogen-bond acceptors (Lipinski definition) is 5. The van der Waals surface area contributed by atoms with Crippen molar-refractivity contribution in [1.82, 2.24) is 9.80 Å². The molecule has 8 rings (SSSR count). The smallest absolute Gasteiger partial charge is 0.253 e. The van der Waals surface area contributed by atoms with Crippen molar-refractivity contribution in [3.63, 3.8) is 0 Å². The quantitative estimate of drug-likeness (QED) is 0.351. The summed E-state index contributed by atoms with van der Waals surface area (Å²) in [4.78, 5) is 21.7. The molecule has 3 aromatic rings. The van der Waals surface area contributed by atoms with Gasteiger partial charge in [0, 0.05) is 62.4 Å². The predicted octanol–water partition coefficient (Wildman–Crippen LogP) is 6.73. The van der Waals surface area contributed by atoms with Crippen molar-refractivity contribution >= 4 is 22.9 Å². The van der Waals surface area contributed by atoms with E-state index in [-0.39, 0.29) is 5.91 Å². The topological polar surface area (TPSA) is 47.0 Å². The molecule has 0 radical (unpaired) electrons. The molecule has 210 valence electrons. The molecule has 0 atom stereocenters. The average molecular weight is 556 g/mol. The minimum atomic E-state index is 0.174. The van der Waals surface area contributed by atoms with Crippen LogP contribution in [0.1, 0.15) is 53.8 Å². The van der Waals surface area contributed by atoms with Crippen molar-refractivity contribution in [2.45, 2.75) is 45.1 Å². The lowest BCUT2D eigenvalue weighted by atomic mass is 9.49. The third-order valence-corrected chi connectivity index (χ3v) is 11.1. The molecule has 6 heteroatoms. The van der Waals surface area contributed by atoms with Gasteiger partial charge in [0.2, 0.25) is 0 Å². The molecule has 40 heavy (non-hydrogen) atoms. The van der Waals surface area contributed by atoms with Crippen LogP contribution in [-0.4, -0.2) is 60.6 Å². The summed E-state index contributed by atoms with van der Waals surface area (Å²) in [6, 6.07) is 18.1. The van der Waals surface area contributed by atoms with E-state index in [2.05, 4.69) is 33.4 Å². The Morgan fingerprint density at radius 3 is 2.25 bits per heavy atom. The summed E-state index contributed by atoms with van der Waals surface area (Å²) in [6.45, 7) is 5.91. The van der Waals surface area contributed by atoms with Crippen LogP contribution in [0.4, 0.5) is 5.69 Å². The standard InChI is InChI=1S/C34H41N3O2S/c1-35(23-34-18-24-13-25(19-34)15-26(14-24)20-34)33(39)27-5-7-30(8-6-27)37-11-9-36(10-12-37)21-32-17-29(22-40-32)28-3-2-4-31(38)16-28/h2-8,16-17,22,24-26,38H,9-15,18-21,23H2,1H3. The molecule has 1 aromatic heterocycles. The van der Waals surface area contributed by atoms with Crippen LogP contribution in [0.5, 0.6) is 5.75 Å².